The van der Waals surface area contributed by atoms with Crippen molar-refractivity contribution in [2.75, 3.05) is 19.6 Å². The van der Waals surface area contributed by atoms with Gasteiger partial charge in [-0.1, -0.05) is 49.4 Å². The Morgan fingerprint density at radius 2 is 1.88 bits per heavy atom. The van der Waals surface area contributed by atoms with E-state index in [1.807, 2.05) is 19.4 Å². The summed E-state index contributed by atoms with van der Waals surface area (Å²) < 4.78 is 0. The zero-order valence-electron chi connectivity index (χ0n) is 19.9. The van der Waals surface area contributed by atoms with Gasteiger partial charge in [0, 0.05) is 24.4 Å². The minimum Gasteiger partial charge on any atom is -0.323 e. The second-order valence-corrected chi connectivity index (χ2v) is 10.5. The molecule has 0 spiro atoms. The predicted molar refractivity (Wildman–Crippen MR) is 136 cm³/mol. The number of amides is 3. The maximum atomic E-state index is 13.5. The molecule has 0 bridgehead atoms. The van der Waals surface area contributed by atoms with Crippen LogP contribution < -0.4 is 5.32 Å². The van der Waals surface area contributed by atoms with Gasteiger partial charge in [-0.25, -0.2) is 9.78 Å². The average molecular weight is 477 g/mol. The van der Waals surface area contributed by atoms with Gasteiger partial charge in [0.25, 0.3) is 5.91 Å². The maximum absolute atomic E-state index is 13.5. The number of hydrogen-bond acceptors (Lipinski definition) is 5. The largest absolute Gasteiger partial charge is 0.325 e. The van der Waals surface area contributed by atoms with Gasteiger partial charge in [-0.05, 0) is 61.5 Å². The highest BCUT2D eigenvalue weighted by atomic mass is 32.1. The van der Waals surface area contributed by atoms with Crippen LogP contribution in [0.15, 0.2) is 48.0 Å². The molecular weight excluding hydrogens is 444 g/mol. The second-order valence-electron chi connectivity index (χ2n) is 9.51. The number of nitrogens with zero attached hydrogens (tertiary/aromatic N) is 3. The number of urea groups is 1. The SMILES string of the molecule is CC[C@@]1(C2CCN(Cc3cccc4ccccc34)CC2)NC(=O)N(CCc2scnc2C)C1=O. The molecule has 0 unspecified atom stereocenters. The summed E-state index contributed by atoms with van der Waals surface area (Å²) in [7, 11) is 0. The number of likely N-dealkylation sites (tertiary alicyclic amines) is 1. The minimum absolute atomic E-state index is 0.0466. The Morgan fingerprint density at radius 3 is 2.62 bits per heavy atom. The third-order valence-corrected chi connectivity index (χ3v) is 8.72. The molecule has 2 aliphatic rings. The van der Waals surface area contributed by atoms with E-state index in [1.54, 1.807) is 11.3 Å². The normalized spacial score (nSPS) is 22.0. The molecule has 2 aromatic carbocycles. The summed E-state index contributed by atoms with van der Waals surface area (Å²) >= 11 is 1.58. The first-order chi connectivity index (χ1) is 16.5. The van der Waals surface area contributed by atoms with E-state index in [0.29, 0.717) is 19.4 Å². The number of fused-ring (bicyclic) bond motifs is 1. The Hall–Kier alpha value is -2.77. The Labute approximate surface area is 205 Å². The molecule has 3 amide bonds. The molecule has 1 aromatic heterocycles. The first-order valence-electron chi connectivity index (χ1n) is 12.2. The molecule has 2 saturated heterocycles. The number of nitrogens with one attached hydrogen (secondary N) is 1. The van der Waals surface area contributed by atoms with Crippen LogP contribution in [0.5, 0.6) is 0 Å². The van der Waals surface area contributed by atoms with Crippen LogP contribution in [-0.4, -0.2) is 51.9 Å². The van der Waals surface area contributed by atoms with E-state index in [9.17, 15) is 9.59 Å². The van der Waals surface area contributed by atoms with Crippen LogP contribution in [0.4, 0.5) is 4.79 Å². The van der Waals surface area contributed by atoms with Crippen molar-refractivity contribution < 1.29 is 9.59 Å². The molecule has 34 heavy (non-hydrogen) atoms. The summed E-state index contributed by atoms with van der Waals surface area (Å²) in [5.74, 6) is 0.113. The third kappa shape index (κ3) is 4.12. The Bertz CT molecular complexity index is 1190. The van der Waals surface area contributed by atoms with Gasteiger partial charge in [0.05, 0.1) is 11.2 Å². The molecule has 1 atom stereocenters. The molecule has 3 heterocycles. The monoisotopic (exact) mass is 476 g/mol. The number of hydrogen-bond donors (Lipinski definition) is 1. The van der Waals surface area contributed by atoms with Crippen molar-refractivity contribution in [3.63, 3.8) is 0 Å². The van der Waals surface area contributed by atoms with E-state index in [2.05, 4.69) is 57.7 Å². The number of imide groups is 1. The predicted octanol–water partition coefficient (Wildman–Crippen LogP) is 4.76. The number of rotatable bonds is 7. The lowest BCUT2D eigenvalue weighted by molar-refractivity contribution is -0.134. The van der Waals surface area contributed by atoms with Crippen LogP contribution in [0.1, 0.15) is 42.3 Å². The molecule has 1 N–H and O–H groups in total. The van der Waals surface area contributed by atoms with E-state index in [1.165, 1.54) is 21.2 Å². The van der Waals surface area contributed by atoms with Crippen LogP contribution in [0.25, 0.3) is 10.8 Å². The summed E-state index contributed by atoms with van der Waals surface area (Å²) in [6.45, 7) is 7.18. The molecule has 0 saturated carbocycles. The van der Waals surface area contributed by atoms with Crippen molar-refractivity contribution in [2.45, 2.75) is 51.6 Å². The molecule has 0 radical (unpaired) electrons. The van der Waals surface area contributed by atoms with E-state index in [-0.39, 0.29) is 17.9 Å². The van der Waals surface area contributed by atoms with E-state index < -0.39 is 5.54 Å². The molecule has 2 aliphatic heterocycles. The topological polar surface area (TPSA) is 65.5 Å². The number of aryl methyl sites for hydroxylation is 1. The smallest absolute Gasteiger partial charge is 0.323 e. The highest BCUT2D eigenvalue weighted by Gasteiger charge is 2.54. The van der Waals surface area contributed by atoms with Crippen molar-refractivity contribution in [1.29, 1.82) is 0 Å². The Morgan fingerprint density at radius 1 is 1.12 bits per heavy atom. The summed E-state index contributed by atoms with van der Waals surface area (Å²) in [5.41, 5.74) is 3.37. The second kappa shape index (κ2) is 9.47. The summed E-state index contributed by atoms with van der Waals surface area (Å²) in [5, 5.41) is 5.71. The number of carbonyl (C=O) groups is 2. The third-order valence-electron chi connectivity index (χ3n) is 7.73. The lowest BCUT2D eigenvalue weighted by Gasteiger charge is -2.40. The zero-order valence-corrected chi connectivity index (χ0v) is 20.7. The number of thiazole rings is 1. The van der Waals surface area contributed by atoms with Gasteiger partial charge in [-0.2, -0.15) is 0 Å². The fourth-order valence-electron chi connectivity index (χ4n) is 5.69. The van der Waals surface area contributed by atoms with E-state index in [0.717, 1.165) is 43.0 Å². The lowest BCUT2D eigenvalue weighted by atomic mass is 9.75. The van der Waals surface area contributed by atoms with Crippen molar-refractivity contribution >= 4 is 34.0 Å². The molecule has 178 valence electrons. The van der Waals surface area contributed by atoms with Gasteiger partial charge in [0.2, 0.25) is 0 Å². The molecule has 5 rings (SSSR count). The summed E-state index contributed by atoms with van der Waals surface area (Å²) in [4.78, 5) is 35.7. The van der Waals surface area contributed by atoms with Crippen LogP contribution >= 0.6 is 11.3 Å². The molecule has 6 nitrogen and oxygen atoms in total. The van der Waals surface area contributed by atoms with Gasteiger partial charge in [0.1, 0.15) is 5.54 Å². The van der Waals surface area contributed by atoms with E-state index >= 15 is 0 Å². The summed E-state index contributed by atoms with van der Waals surface area (Å²) in [6.07, 6.45) is 3.11. The van der Waals surface area contributed by atoms with Crippen LogP contribution in [0.3, 0.4) is 0 Å². The maximum Gasteiger partial charge on any atom is 0.325 e. The summed E-state index contributed by atoms with van der Waals surface area (Å²) in [6, 6.07) is 14.8. The molecule has 7 heteroatoms. The van der Waals surface area contributed by atoms with Gasteiger partial charge in [0.15, 0.2) is 0 Å². The quantitative estimate of drug-likeness (QED) is 0.500. The number of piperidine rings is 1. The van der Waals surface area contributed by atoms with Gasteiger partial charge in [-0.15, -0.1) is 11.3 Å². The number of benzene rings is 2. The average Bonchev–Trinajstić information content (AvgIpc) is 3.38. The molecule has 2 fully saturated rings. The zero-order chi connectivity index (χ0) is 23.7. The van der Waals surface area contributed by atoms with Crippen LogP contribution in [-0.2, 0) is 17.8 Å². The fraction of sp³-hybridized carbons (Fsp3) is 0.444. The minimum atomic E-state index is -0.772. The molecule has 3 aromatic rings. The number of carbonyl (C=O) groups excluding carboxylic acids is 2. The van der Waals surface area contributed by atoms with Crippen LogP contribution in [0, 0.1) is 12.8 Å². The highest BCUT2D eigenvalue weighted by Crippen LogP contribution is 2.37. The molecular formula is C27H32N4O2S. The van der Waals surface area contributed by atoms with Gasteiger partial charge in [-0.3, -0.25) is 14.6 Å². The number of aromatic nitrogens is 1. The standard InChI is InChI=1S/C27H32N4O2S/c1-3-27(25(32)31(26(33)29-27)16-13-24-19(2)28-18-34-24)22-11-14-30(15-12-22)17-21-9-6-8-20-7-4-5-10-23(20)21/h4-10,18,22H,3,11-17H2,1-2H3,(H,29,33)/t27-/m0/s1. The molecule has 0 aliphatic carbocycles. The Balaban J connectivity index is 1.24. The Kier molecular flexibility index (Phi) is 6.40. The van der Waals surface area contributed by atoms with Crippen molar-refractivity contribution in [1.82, 2.24) is 20.1 Å². The lowest BCUT2D eigenvalue weighted by Crippen LogP contribution is -2.55. The van der Waals surface area contributed by atoms with Crippen molar-refractivity contribution in [2.24, 2.45) is 5.92 Å². The highest BCUT2D eigenvalue weighted by molar-refractivity contribution is 7.09. The van der Waals surface area contributed by atoms with Crippen molar-refractivity contribution in [3.05, 3.63) is 64.1 Å². The first kappa shape index (κ1) is 23.0. The van der Waals surface area contributed by atoms with E-state index in [4.69, 9.17) is 0 Å². The fourth-order valence-corrected chi connectivity index (χ4v) is 6.46. The van der Waals surface area contributed by atoms with Crippen molar-refractivity contribution in [3.8, 4) is 0 Å². The van der Waals surface area contributed by atoms with Gasteiger partial charge < -0.3 is 5.32 Å². The van der Waals surface area contributed by atoms with Crippen LogP contribution in [0.2, 0.25) is 0 Å². The first-order valence-corrected chi connectivity index (χ1v) is 13.1. The van der Waals surface area contributed by atoms with Gasteiger partial charge >= 0.3 is 6.03 Å².